The Hall–Kier alpha value is -2.88. The summed E-state index contributed by atoms with van der Waals surface area (Å²) in [6.07, 6.45) is 1.28. The van der Waals surface area contributed by atoms with E-state index >= 15 is 0 Å². The van der Waals surface area contributed by atoms with Gasteiger partial charge in [-0.15, -0.1) is 0 Å². The molecular formula is C19H23N3O4. The second-order valence-electron chi connectivity index (χ2n) is 6.60. The molecule has 2 amide bonds. The van der Waals surface area contributed by atoms with E-state index in [1.807, 2.05) is 19.9 Å². The quantitative estimate of drug-likeness (QED) is 0.805. The number of carbonyl (C=O) groups is 3. The third-order valence-corrected chi connectivity index (χ3v) is 4.50. The first kappa shape index (κ1) is 19.4. The normalized spacial score (nSPS) is 17.5. The molecule has 26 heavy (non-hydrogen) atoms. The highest BCUT2D eigenvalue weighted by Crippen LogP contribution is 2.21. The van der Waals surface area contributed by atoms with Crippen molar-refractivity contribution in [3.8, 4) is 6.07 Å². The first-order valence-corrected chi connectivity index (χ1v) is 8.58. The van der Waals surface area contributed by atoms with Crippen molar-refractivity contribution in [2.45, 2.75) is 38.8 Å². The number of likely N-dealkylation sites (tertiary alicyclic amines) is 1. The van der Waals surface area contributed by atoms with Crippen LogP contribution in [0.3, 0.4) is 0 Å². The van der Waals surface area contributed by atoms with E-state index in [4.69, 9.17) is 10.00 Å². The van der Waals surface area contributed by atoms with Gasteiger partial charge >= 0.3 is 5.97 Å². The minimum Gasteiger partial charge on any atom is -0.467 e. The van der Waals surface area contributed by atoms with Crippen LogP contribution >= 0.6 is 0 Å². The van der Waals surface area contributed by atoms with Gasteiger partial charge in [-0.2, -0.15) is 5.26 Å². The van der Waals surface area contributed by atoms with Gasteiger partial charge in [-0.25, -0.2) is 4.79 Å². The molecule has 7 heteroatoms. The summed E-state index contributed by atoms with van der Waals surface area (Å²) >= 11 is 0. The molecule has 1 fully saturated rings. The van der Waals surface area contributed by atoms with Crippen molar-refractivity contribution < 1.29 is 19.1 Å². The highest BCUT2D eigenvalue weighted by molar-refractivity contribution is 5.98. The van der Waals surface area contributed by atoms with Gasteiger partial charge in [0.25, 0.3) is 5.91 Å². The van der Waals surface area contributed by atoms with Crippen molar-refractivity contribution in [2.75, 3.05) is 13.7 Å². The molecule has 1 aromatic carbocycles. The minimum absolute atomic E-state index is 0.149. The molecule has 0 bridgehead atoms. The number of rotatable bonds is 5. The zero-order chi connectivity index (χ0) is 19.3. The summed E-state index contributed by atoms with van der Waals surface area (Å²) in [7, 11) is 1.30. The molecular weight excluding hydrogens is 334 g/mol. The van der Waals surface area contributed by atoms with Crippen LogP contribution in [-0.2, 0) is 14.3 Å². The molecule has 2 atom stereocenters. The summed E-state index contributed by atoms with van der Waals surface area (Å²) in [5.41, 5.74) is 0.824. The maximum absolute atomic E-state index is 12.9. The summed E-state index contributed by atoms with van der Waals surface area (Å²) < 4.78 is 4.78. The van der Waals surface area contributed by atoms with Crippen molar-refractivity contribution in [3.05, 3.63) is 35.4 Å². The lowest BCUT2D eigenvalue weighted by molar-refractivity contribution is -0.151. The van der Waals surface area contributed by atoms with Gasteiger partial charge in [0.15, 0.2) is 0 Å². The lowest BCUT2D eigenvalue weighted by Gasteiger charge is -2.29. The van der Waals surface area contributed by atoms with Gasteiger partial charge in [-0.3, -0.25) is 9.59 Å². The number of esters is 1. The first-order chi connectivity index (χ1) is 12.4. The number of hydrogen-bond donors (Lipinski definition) is 1. The number of methoxy groups -OCH3 is 1. The SMILES string of the molecule is COC(=O)[C@@H]1CCCN1C(=O)[C@@H](NC(=O)c1ccc(C#N)cc1)C(C)C. The van der Waals surface area contributed by atoms with E-state index in [1.54, 1.807) is 24.3 Å². The predicted molar refractivity (Wildman–Crippen MR) is 94.0 cm³/mol. The zero-order valence-corrected chi connectivity index (χ0v) is 15.2. The van der Waals surface area contributed by atoms with Crippen LogP contribution in [0.1, 0.15) is 42.6 Å². The van der Waals surface area contributed by atoms with E-state index in [0.29, 0.717) is 24.1 Å². The summed E-state index contributed by atoms with van der Waals surface area (Å²) in [5.74, 6) is -1.26. The second kappa shape index (κ2) is 8.48. The predicted octanol–water partition coefficient (Wildman–Crippen LogP) is 1.48. The van der Waals surface area contributed by atoms with Crippen LogP contribution in [0.15, 0.2) is 24.3 Å². The summed E-state index contributed by atoms with van der Waals surface area (Å²) in [6, 6.07) is 6.84. The van der Waals surface area contributed by atoms with Gasteiger partial charge in [0.05, 0.1) is 18.7 Å². The molecule has 7 nitrogen and oxygen atoms in total. The number of carbonyl (C=O) groups excluding carboxylic acids is 3. The van der Waals surface area contributed by atoms with Crippen LogP contribution in [-0.4, -0.2) is 48.4 Å². The molecule has 0 spiro atoms. The number of amides is 2. The highest BCUT2D eigenvalue weighted by atomic mass is 16.5. The van der Waals surface area contributed by atoms with Crippen LogP contribution in [0.25, 0.3) is 0 Å². The smallest absolute Gasteiger partial charge is 0.328 e. The molecule has 1 heterocycles. The van der Waals surface area contributed by atoms with Crippen LogP contribution in [0.4, 0.5) is 0 Å². The average molecular weight is 357 g/mol. The fraction of sp³-hybridized carbons (Fsp3) is 0.474. The number of nitrogens with zero attached hydrogens (tertiary/aromatic N) is 2. The van der Waals surface area contributed by atoms with Crippen molar-refractivity contribution in [2.24, 2.45) is 5.92 Å². The number of ether oxygens (including phenoxy) is 1. The lowest BCUT2D eigenvalue weighted by Crippen LogP contribution is -2.53. The summed E-state index contributed by atoms with van der Waals surface area (Å²) in [6.45, 7) is 4.14. The molecule has 0 aromatic heterocycles. The van der Waals surface area contributed by atoms with Crippen LogP contribution < -0.4 is 5.32 Å². The van der Waals surface area contributed by atoms with Gasteiger partial charge in [-0.1, -0.05) is 13.8 Å². The molecule has 1 N–H and O–H groups in total. The second-order valence-corrected chi connectivity index (χ2v) is 6.60. The first-order valence-electron chi connectivity index (χ1n) is 8.58. The Labute approximate surface area is 152 Å². The molecule has 2 rings (SSSR count). The van der Waals surface area contributed by atoms with E-state index in [0.717, 1.165) is 6.42 Å². The van der Waals surface area contributed by atoms with Gasteiger partial charge in [0.1, 0.15) is 12.1 Å². The van der Waals surface area contributed by atoms with Crippen molar-refractivity contribution >= 4 is 17.8 Å². The van der Waals surface area contributed by atoms with E-state index in [2.05, 4.69) is 5.32 Å². The largest absolute Gasteiger partial charge is 0.467 e. The molecule has 1 aliphatic rings. The van der Waals surface area contributed by atoms with Crippen LogP contribution in [0, 0.1) is 17.2 Å². The molecule has 1 aromatic rings. The van der Waals surface area contributed by atoms with Gasteiger partial charge in [-0.05, 0) is 43.0 Å². The average Bonchev–Trinajstić information content (AvgIpc) is 3.14. The van der Waals surface area contributed by atoms with E-state index in [1.165, 1.54) is 12.0 Å². The van der Waals surface area contributed by atoms with Crippen molar-refractivity contribution in [1.29, 1.82) is 5.26 Å². The Morgan fingerprint density at radius 2 is 1.92 bits per heavy atom. The van der Waals surface area contributed by atoms with E-state index < -0.39 is 24.0 Å². The van der Waals surface area contributed by atoms with Crippen LogP contribution in [0.2, 0.25) is 0 Å². The maximum atomic E-state index is 12.9. The summed E-state index contributed by atoms with van der Waals surface area (Å²) in [5, 5.41) is 11.6. The Morgan fingerprint density at radius 3 is 2.46 bits per heavy atom. The molecule has 0 radical (unpaired) electrons. The summed E-state index contributed by atoms with van der Waals surface area (Å²) in [4.78, 5) is 38.8. The molecule has 0 aliphatic carbocycles. The molecule has 0 saturated carbocycles. The Morgan fingerprint density at radius 1 is 1.27 bits per heavy atom. The number of hydrogen-bond acceptors (Lipinski definition) is 5. The van der Waals surface area contributed by atoms with E-state index in [9.17, 15) is 14.4 Å². The van der Waals surface area contributed by atoms with E-state index in [-0.39, 0.29) is 11.8 Å². The van der Waals surface area contributed by atoms with Gasteiger partial charge < -0.3 is 15.0 Å². The maximum Gasteiger partial charge on any atom is 0.328 e. The lowest BCUT2D eigenvalue weighted by atomic mass is 10.0. The molecule has 0 unspecified atom stereocenters. The Bertz CT molecular complexity index is 721. The molecule has 138 valence electrons. The Balaban J connectivity index is 2.14. The number of nitriles is 1. The third kappa shape index (κ3) is 4.20. The van der Waals surface area contributed by atoms with Gasteiger partial charge in [0.2, 0.25) is 5.91 Å². The van der Waals surface area contributed by atoms with Crippen molar-refractivity contribution in [1.82, 2.24) is 10.2 Å². The topological polar surface area (TPSA) is 99.5 Å². The monoisotopic (exact) mass is 357 g/mol. The van der Waals surface area contributed by atoms with Gasteiger partial charge in [0, 0.05) is 12.1 Å². The van der Waals surface area contributed by atoms with Crippen molar-refractivity contribution in [3.63, 3.8) is 0 Å². The Kier molecular flexibility index (Phi) is 6.34. The fourth-order valence-corrected chi connectivity index (χ4v) is 3.02. The number of nitrogens with one attached hydrogen (secondary N) is 1. The standard InChI is InChI=1S/C19H23N3O4/c1-12(2)16(18(24)22-10-4-5-15(22)19(25)26-3)21-17(23)14-8-6-13(11-20)7-9-14/h6-9,12,15-16H,4-5,10H2,1-3H3,(H,21,23)/t15-,16-/m0/s1. The highest BCUT2D eigenvalue weighted by Gasteiger charge is 2.39. The zero-order valence-electron chi connectivity index (χ0n) is 15.2. The fourth-order valence-electron chi connectivity index (χ4n) is 3.02. The van der Waals surface area contributed by atoms with Crippen LogP contribution in [0.5, 0.6) is 0 Å². The molecule has 1 aliphatic heterocycles. The number of benzene rings is 1. The minimum atomic E-state index is -0.747. The molecule has 1 saturated heterocycles. The third-order valence-electron chi connectivity index (χ3n) is 4.50.